The first kappa shape index (κ1) is 36.8. The van der Waals surface area contributed by atoms with Crippen molar-refractivity contribution in [2.45, 2.75) is 30.4 Å². The largest absolute Gasteiger partial charge is 0.321 e. The Labute approximate surface area is 312 Å². The van der Waals surface area contributed by atoms with Crippen molar-refractivity contribution in [1.29, 1.82) is 5.26 Å². The molecule has 0 aliphatic rings. The average molecular weight is 779 g/mol. The van der Waals surface area contributed by atoms with Gasteiger partial charge in [0.15, 0.2) is 0 Å². The number of nitrogens with one attached hydrogen (secondary N) is 4. The number of thiophene rings is 1. The van der Waals surface area contributed by atoms with Gasteiger partial charge < -0.3 is 21.3 Å². The topological polar surface area (TPSA) is 140 Å². The third kappa shape index (κ3) is 9.82. The van der Waals surface area contributed by atoms with E-state index in [0.29, 0.717) is 49.3 Å². The minimum absolute atomic E-state index is 0.0437. The molecule has 4 aromatic carbocycles. The molecule has 5 aromatic rings. The summed E-state index contributed by atoms with van der Waals surface area (Å²) in [6.45, 7) is 3.56. The number of thioether (sulfide) groups is 1. The van der Waals surface area contributed by atoms with Gasteiger partial charge in [-0.1, -0.05) is 77.5 Å². The maximum atomic E-state index is 13.6. The lowest BCUT2D eigenvalue weighted by Crippen LogP contribution is -2.30. The van der Waals surface area contributed by atoms with Crippen LogP contribution in [0.4, 0.5) is 16.4 Å². The van der Waals surface area contributed by atoms with Crippen LogP contribution in [-0.2, 0) is 9.59 Å². The summed E-state index contributed by atoms with van der Waals surface area (Å²) in [5, 5.41) is 20.9. The fraction of sp³-hybridized carbons (Fsp3) is 0.103. The number of benzene rings is 4. The van der Waals surface area contributed by atoms with Gasteiger partial charge in [-0.3, -0.25) is 19.2 Å². The van der Waals surface area contributed by atoms with Crippen LogP contribution in [0, 0.1) is 18.3 Å². The Morgan fingerprint density at radius 2 is 1.53 bits per heavy atom. The minimum Gasteiger partial charge on any atom is -0.321 e. The summed E-state index contributed by atoms with van der Waals surface area (Å²) in [4.78, 5) is 54.2. The smallest absolute Gasteiger partial charge is 0.272 e. The quantitative estimate of drug-likeness (QED) is 0.0737. The van der Waals surface area contributed by atoms with Crippen molar-refractivity contribution in [3.05, 3.63) is 146 Å². The van der Waals surface area contributed by atoms with Crippen LogP contribution in [0.2, 0.25) is 0 Å². The molecule has 0 fully saturated rings. The Morgan fingerprint density at radius 3 is 2.22 bits per heavy atom. The molecule has 1 atom stereocenters. The third-order valence-electron chi connectivity index (χ3n) is 7.46. The second kappa shape index (κ2) is 17.4. The van der Waals surface area contributed by atoms with Gasteiger partial charge in [-0.15, -0.1) is 23.1 Å². The van der Waals surface area contributed by atoms with E-state index in [4.69, 9.17) is 0 Å². The Hall–Kier alpha value is -5.48. The number of halogens is 1. The van der Waals surface area contributed by atoms with Crippen LogP contribution < -0.4 is 21.3 Å². The van der Waals surface area contributed by atoms with Gasteiger partial charge in [0.25, 0.3) is 17.7 Å². The molecule has 0 bridgehead atoms. The van der Waals surface area contributed by atoms with Crippen LogP contribution in [0.25, 0.3) is 6.08 Å². The van der Waals surface area contributed by atoms with Gasteiger partial charge in [0.2, 0.25) is 5.91 Å². The summed E-state index contributed by atoms with van der Waals surface area (Å²) >= 11 is 5.80. The van der Waals surface area contributed by atoms with E-state index in [1.54, 1.807) is 73.7 Å². The highest BCUT2D eigenvalue weighted by Crippen LogP contribution is 2.35. The fourth-order valence-electron chi connectivity index (χ4n) is 4.89. The predicted octanol–water partition coefficient (Wildman–Crippen LogP) is 8.86. The van der Waals surface area contributed by atoms with Crippen LogP contribution in [0.15, 0.2) is 124 Å². The standard InChI is InChI=1S/C39H32BrN5O4S2/c1-3-33(37(48)45-39-31(23-41)24(2)34(51-39)38(49)42-28-16-8-5-9-17-28)50-30-19-11-18-29(22-30)43-36(47)32(21-25-12-10-15-27(40)20-25)44-35(46)26-13-6-4-7-14-26/h4-22,33H,3H2,1-2H3,(H,42,49)(H,43,47)(H,44,46)(H,45,48)/b32-21+. The Morgan fingerprint density at radius 1 is 0.843 bits per heavy atom. The highest BCUT2D eigenvalue weighted by atomic mass is 79.9. The molecule has 1 unspecified atom stereocenters. The van der Waals surface area contributed by atoms with E-state index < -0.39 is 17.1 Å². The number of nitriles is 1. The summed E-state index contributed by atoms with van der Waals surface area (Å²) in [7, 11) is 0. The molecule has 0 spiro atoms. The van der Waals surface area contributed by atoms with Gasteiger partial charge in [-0.05, 0) is 85.1 Å². The summed E-state index contributed by atoms with van der Waals surface area (Å²) < 4.78 is 0.816. The number of hydrogen-bond acceptors (Lipinski definition) is 7. The molecule has 0 aliphatic heterocycles. The monoisotopic (exact) mass is 777 g/mol. The molecule has 1 heterocycles. The summed E-state index contributed by atoms with van der Waals surface area (Å²) in [5.74, 6) is -1.66. The van der Waals surface area contributed by atoms with Gasteiger partial charge >= 0.3 is 0 Å². The van der Waals surface area contributed by atoms with Gasteiger partial charge in [0.05, 0.1) is 15.7 Å². The zero-order chi connectivity index (χ0) is 36.3. The minimum atomic E-state index is -0.552. The third-order valence-corrected chi connectivity index (χ3v) is 10.5. The molecule has 51 heavy (non-hydrogen) atoms. The molecule has 0 radical (unpaired) electrons. The van der Waals surface area contributed by atoms with E-state index in [2.05, 4.69) is 43.3 Å². The van der Waals surface area contributed by atoms with Crippen LogP contribution in [-0.4, -0.2) is 28.9 Å². The predicted molar refractivity (Wildman–Crippen MR) is 208 cm³/mol. The van der Waals surface area contributed by atoms with E-state index in [0.717, 1.165) is 15.8 Å². The van der Waals surface area contributed by atoms with E-state index in [1.807, 2.05) is 55.5 Å². The molecular weight excluding hydrogens is 746 g/mol. The molecule has 4 N–H and O–H groups in total. The number of amides is 4. The molecule has 256 valence electrons. The highest BCUT2D eigenvalue weighted by molar-refractivity contribution is 9.10. The van der Waals surface area contributed by atoms with Gasteiger partial charge in [-0.2, -0.15) is 5.26 Å². The number of rotatable bonds is 12. The number of nitrogens with zero attached hydrogens (tertiary/aromatic N) is 1. The molecular formula is C39H32BrN5O4S2. The second-order valence-electron chi connectivity index (χ2n) is 11.1. The molecule has 1 aromatic heterocycles. The maximum Gasteiger partial charge on any atom is 0.272 e. The normalized spacial score (nSPS) is 11.5. The SMILES string of the molecule is CCC(Sc1cccc(NC(=O)/C(=C\c2cccc(Br)c2)NC(=O)c2ccccc2)c1)C(=O)Nc1sc(C(=O)Nc2ccccc2)c(C)c1C#N. The lowest BCUT2D eigenvalue weighted by molar-refractivity contribution is -0.116. The first-order chi connectivity index (χ1) is 24.6. The summed E-state index contributed by atoms with van der Waals surface area (Å²) in [6, 6.07) is 34.1. The maximum absolute atomic E-state index is 13.6. The Kier molecular flexibility index (Phi) is 12.6. The van der Waals surface area contributed by atoms with E-state index in [-0.39, 0.29) is 23.1 Å². The summed E-state index contributed by atoms with van der Waals surface area (Å²) in [6.07, 6.45) is 2.06. The number of hydrogen-bond donors (Lipinski definition) is 4. The van der Waals surface area contributed by atoms with Crippen molar-refractivity contribution in [2.75, 3.05) is 16.0 Å². The molecule has 12 heteroatoms. The first-order valence-corrected chi connectivity index (χ1v) is 18.3. The second-order valence-corrected chi connectivity index (χ2v) is 14.3. The molecule has 0 saturated heterocycles. The lowest BCUT2D eigenvalue weighted by Gasteiger charge is -2.15. The van der Waals surface area contributed by atoms with Crippen molar-refractivity contribution in [3.8, 4) is 6.07 Å². The van der Waals surface area contributed by atoms with E-state index >= 15 is 0 Å². The number of para-hydroxylation sites is 1. The van der Waals surface area contributed by atoms with Gasteiger partial charge in [0, 0.05) is 26.3 Å². The van der Waals surface area contributed by atoms with Gasteiger partial charge in [0.1, 0.15) is 16.8 Å². The fourth-order valence-corrected chi connectivity index (χ4v) is 7.38. The number of anilines is 3. The zero-order valence-corrected chi connectivity index (χ0v) is 30.7. The van der Waals surface area contributed by atoms with Crippen molar-refractivity contribution in [3.63, 3.8) is 0 Å². The summed E-state index contributed by atoms with van der Waals surface area (Å²) in [5.41, 5.74) is 2.96. The van der Waals surface area contributed by atoms with Crippen LogP contribution in [0.3, 0.4) is 0 Å². The molecule has 0 aliphatic carbocycles. The van der Waals surface area contributed by atoms with Crippen molar-refractivity contribution < 1.29 is 19.2 Å². The van der Waals surface area contributed by atoms with Crippen molar-refractivity contribution in [1.82, 2.24) is 5.32 Å². The number of carbonyl (C=O) groups is 4. The van der Waals surface area contributed by atoms with E-state index in [1.165, 1.54) is 11.8 Å². The van der Waals surface area contributed by atoms with Gasteiger partial charge in [-0.25, -0.2) is 0 Å². The Bertz CT molecular complexity index is 2150. The van der Waals surface area contributed by atoms with Crippen LogP contribution >= 0.6 is 39.0 Å². The van der Waals surface area contributed by atoms with Crippen LogP contribution in [0.1, 0.15) is 50.1 Å². The zero-order valence-electron chi connectivity index (χ0n) is 27.5. The van der Waals surface area contributed by atoms with Crippen molar-refractivity contribution in [2.24, 2.45) is 0 Å². The molecule has 0 saturated carbocycles. The molecule has 4 amide bonds. The van der Waals surface area contributed by atoms with E-state index in [9.17, 15) is 24.4 Å². The Balaban J connectivity index is 1.30. The first-order valence-electron chi connectivity index (χ1n) is 15.8. The number of carbonyl (C=O) groups excluding carboxylic acids is 4. The molecule has 5 rings (SSSR count). The highest BCUT2D eigenvalue weighted by Gasteiger charge is 2.25. The van der Waals surface area contributed by atoms with Crippen LogP contribution in [0.5, 0.6) is 0 Å². The lowest BCUT2D eigenvalue weighted by atomic mass is 10.1. The molecule has 9 nitrogen and oxygen atoms in total. The van der Waals surface area contributed by atoms with Crippen molar-refractivity contribution >= 4 is 85.1 Å². The average Bonchev–Trinajstić information content (AvgIpc) is 3.45.